The van der Waals surface area contributed by atoms with Crippen molar-refractivity contribution in [2.45, 2.75) is 6.92 Å². The van der Waals surface area contributed by atoms with Gasteiger partial charge in [0.2, 0.25) is 0 Å². The van der Waals surface area contributed by atoms with Crippen molar-refractivity contribution in [1.29, 1.82) is 0 Å². The zero-order chi connectivity index (χ0) is 23.8. The summed E-state index contributed by atoms with van der Waals surface area (Å²) in [5, 5.41) is 28.3. The first kappa shape index (κ1) is 25.5. The number of nitrogens with zero attached hydrogens (tertiary/aromatic N) is 2. The second-order valence-electron chi connectivity index (χ2n) is 6.95. The summed E-state index contributed by atoms with van der Waals surface area (Å²) in [5.41, 5.74) is 4.65. The monoisotopic (exact) mass is 597 g/mol. The minimum absolute atomic E-state index is 0.0312. The quantitative estimate of drug-likeness (QED) is 0.0943. The lowest BCUT2D eigenvalue weighted by Gasteiger charge is -2.23. The first-order valence-electron chi connectivity index (χ1n) is 9.73. The molecule has 0 fully saturated rings. The van der Waals surface area contributed by atoms with Crippen molar-refractivity contribution in [3.05, 3.63) is 68.6 Å². The van der Waals surface area contributed by atoms with Crippen LogP contribution in [0.4, 0.5) is 5.69 Å². The summed E-state index contributed by atoms with van der Waals surface area (Å²) in [6.45, 7) is 2.33. The van der Waals surface area contributed by atoms with Crippen molar-refractivity contribution >= 4 is 72.5 Å². The number of halogens is 2. The van der Waals surface area contributed by atoms with E-state index in [0.717, 1.165) is 38.5 Å². The molecule has 0 radical (unpaired) electrons. The number of nitrogens with one attached hydrogen (secondary N) is 1. The molecule has 0 saturated carbocycles. The van der Waals surface area contributed by atoms with E-state index in [0.29, 0.717) is 22.3 Å². The number of hydrogen-bond donors (Lipinski definition) is 3. The molecule has 0 aliphatic carbocycles. The lowest BCUT2D eigenvalue weighted by atomic mass is 10.1. The number of aromatic hydroxyl groups is 1. The fraction of sp³-hybridized carbons (Fsp3) is 0.182. The van der Waals surface area contributed by atoms with Crippen LogP contribution >= 0.6 is 43.9 Å². The minimum Gasteiger partial charge on any atom is -0.506 e. The van der Waals surface area contributed by atoms with Crippen molar-refractivity contribution in [3.8, 4) is 5.75 Å². The number of hydrogen-bond acceptors (Lipinski definition) is 8. The lowest BCUT2D eigenvalue weighted by Crippen LogP contribution is -2.36. The van der Waals surface area contributed by atoms with E-state index in [1.165, 1.54) is 6.21 Å². The zero-order valence-electron chi connectivity index (χ0n) is 17.5. The van der Waals surface area contributed by atoms with Crippen molar-refractivity contribution in [1.82, 2.24) is 5.43 Å². The number of fused-ring (bicyclic) bond motifs is 1. The molecular weight excluding hydrogens is 578 g/mol. The third-order valence-corrected chi connectivity index (χ3v) is 7.10. The molecule has 33 heavy (non-hydrogen) atoms. The molecular formula is C22H21Br2N3O5S. The molecule has 0 bridgehead atoms. The molecule has 0 saturated heterocycles. The molecule has 0 heterocycles. The molecule has 3 aromatic carbocycles. The molecule has 174 valence electrons. The maximum atomic E-state index is 12.6. The van der Waals surface area contributed by atoms with E-state index in [2.05, 4.69) is 51.8 Å². The minimum atomic E-state index is -0.339. The van der Waals surface area contributed by atoms with Crippen LogP contribution in [0.25, 0.3) is 10.8 Å². The number of carbonyl (C=O) groups excluding carboxylic acids is 1. The van der Waals surface area contributed by atoms with Gasteiger partial charge in [-0.25, -0.2) is 10.7 Å². The van der Waals surface area contributed by atoms with Gasteiger partial charge in [-0.1, -0.05) is 51.3 Å². The third-order valence-electron chi connectivity index (χ3n) is 4.80. The van der Waals surface area contributed by atoms with E-state index < -0.39 is 0 Å². The molecule has 3 rings (SSSR count). The lowest BCUT2D eigenvalue weighted by molar-refractivity contribution is -0.432. The van der Waals surface area contributed by atoms with Crippen LogP contribution in [0.2, 0.25) is 0 Å². The van der Waals surface area contributed by atoms with Crippen LogP contribution in [0.5, 0.6) is 5.75 Å². The molecule has 0 aliphatic heterocycles. The fourth-order valence-electron chi connectivity index (χ4n) is 3.08. The first-order chi connectivity index (χ1) is 15.9. The van der Waals surface area contributed by atoms with E-state index in [-0.39, 0.29) is 18.2 Å². The predicted molar refractivity (Wildman–Crippen MR) is 137 cm³/mol. The normalized spacial score (nSPS) is 11.3. The third kappa shape index (κ3) is 6.92. The SMILES string of the molecule is Cc1c(Br)cc(/C=N\NC(=O)CN(CCSOOO)c2ccc3ccccc3c2)c(O)c1Br. The van der Waals surface area contributed by atoms with Gasteiger partial charge in [-0.3, -0.25) is 4.79 Å². The number of phenols is 1. The van der Waals surface area contributed by atoms with Gasteiger partial charge in [0.1, 0.15) is 5.75 Å². The van der Waals surface area contributed by atoms with Crippen LogP contribution in [0.1, 0.15) is 11.1 Å². The van der Waals surface area contributed by atoms with Crippen molar-refractivity contribution in [3.63, 3.8) is 0 Å². The van der Waals surface area contributed by atoms with Gasteiger partial charge in [-0.2, -0.15) is 5.10 Å². The standard InChI is InChI=1S/C22H21Br2N3O5S/c1-14-19(23)11-17(22(29)21(14)24)12-25-26-20(28)13-27(8-9-33-32-31-30)18-7-6-15-4-2-3-5-16(15)10-18/h2-7,10-12,29-30H,8-9,13H2,1H3,(H,26,28)/b25-12-. The van der Waals surface area contributed by atoms with Crippen LogP contribution in [-0.2, 0) is 14.2 Å². The molecule has 0 atom stereocenters. The Hall–Kier alpha value is -2.15. The summed E-state index contributed by atoms with van der Waals surface area (Å²) >= 11 is 7.68. The fourth-order valence-corrected chi connectivity index (χ4v) is 4.64. The summed E-state index contributed by atoms with van der Waals surface area (Å²) in [5.74, 6) is 0.131. The van der Waals surface area contributed by atoms with Crippen molar-refractivity contribution in [2.24, 2.45) is 5.10 Å². The summed E-state index contributed by atoms with van der Waals surface area (Å²) in [6.07, 6.45) is 1.38. The average molecular weight is 599 g/mol. The highest BCUT2D eigenvalue weighted by Crippen LogP contribution is 2.35. The Kier molecular flexibility index (Phi) is 9.53. The maximum Gasteiger partial charge on any atom is 0.259 e. The van der Waals surface area contributed by atoms with Gasteiger partial charge in [-0.05, 0) is 57.4 Å². The topological polar surface area (TPSA) is 104 Å². The summed E-state index contributed by atoms with van der Waals surface area (Å²) < 4.78 is 5.79. The Labute approximate surface area is 211 Å². The van der Waals surface area contributed by atoms with Crippen LogP contribution in [0, 0.1) is 6.92 Å². The Morgan fingerprint density at radius 3 is 2.73 bits per heavy atom. The summed E-state index contributed by atoms with van der Waals surface area (Å²) in [6, 6.07) is 15.6. The molecule has 1 amide bonds. The number of phenolic OH excluding ortho intramolecular Hbond substituents is 1. The molecule has 11 heteroatoms. The van der Waals surface area contributed by atoms with Gasteiger partial charge in [0.25, 0.3) is 5.91 Å². The van der Waals surface area contributed by atoms with Gasteiger partial charge in [0.15, 0.2) is 0 Å². The van der Waals surface area contributed by atoms with E-state index in [1.807, 2.05) is 54.3 Å². The number of amides is 1. The maximum absolute atomic E-state index is 12.6. The van der Waals surface area contributed by atoms with Crippen LogP contribution < -0.4 is 10.3 Å². The average Bonchev–Trinajstić information content (AvgIpc) is 2.82. The molecule has 0 aliphatic rings. The largest absolute Gasteiger partial charge is 0.506 e. The summed E-state index contributed by atoms with van der Waals surface area (Å²) in [7, 11) is 0. The Balaban J connectivity index is 1.71. The molecule has 3 N–H and O–H groups in total. The Morgan fingerprint density at radius 2 is 1.97 bits per heavy atom. The molecule has 8 nitrogen and oxygen atoms in total. The number of carbonyl (C=O) groups is 1. The van der Waals surface area contributed by atoms with Crippen molar-refractivity contribution < 1.29 is 24.5 Å². The van der Waals surface area contributed by atoms with E-state index in [9.17, 15) is 9.90 Å². The highest BCUT2D eigenvalue weighted by molar-refractivity contribution is 9.11. The molecule has 0 unspecified atom stereocenters. The van der Waals surface area contributed by atoms with Gasteiger partial charge in [-0.15, -0.1) is 4.33 Å². The second kappa shape index (κ2) is 12.4. The molecule has 3 aromatic rings. The number of anilines is 1. The number of benzene rings is 3. The highest BCUT2D eigenvalue weighted by atomic mass is 79.9. The smallest absolute Gasteiger partial charge is 0.259 e. The van der Waals surface area contributed by atoms with Crippen LogP contribution in [0.3, 0.4) is 0 Å². The summed E-state index contributed by atoms with van der Waals surface area (Å²) in [4.78, 5) is 14.5. The van der Waals surface area contributed by atoms with E-state index in [1.54, 1.807) is 6.07 Å². The van der Waals surface area contributed by atoms with Gasteiger partial charge in [0.05, 0.1) is 17.2 Å². The second-order valence-corrected chi connectivity index (χ2v) is 9.37. The molecule has 0 aromatic heterocycles. The van der Waals surface area contributed by atoms with Gasteiger partial charge in [0, 0.05) is 40.1 Å². The Morgan fingerprint density at radius 1 is 1.21 bits per heavy atom. The van der Waals surface area contributed by atoms with Gasteiger partial charge >= 0.3 is 0 Å². The first-order valence-corrected chi connectivity index (χ1v) is 12.2. The molecule has 0 spiro atoms. The Bertz CT molecular complexity index is 1160. The number of hydrazone groups is 1. The van der Waals surface area contributed by atoms with Crippen LogP contribution in [0.15, 0.2) is 62.6 Å². The van der Waals surface area contributed by atoms with Gasteiger partial charge < -0.3 is 10.0 Å². The highest BCUT2D eigenvalue weighted by Gasteiger charge is 2.13. The zero-order valence-corrected chi connectivity index (χ0v) is 21.5. The van der Waals surface area contributed by atoms with Crippen molar-refractivity contribution in [2.75, 3.05) is 23.7 Å². The van der Waals surface area contributed by atoms with Crippen LogP contribution in [-0.4, -0.2) is 41.3 Å². The predicted octanol–water partition coefficient (Wildman–Crippen LogP) is 5.40. The van der Waals surface area contributed by atoms with E-state index >= 15 is 0 Å². The number of rotatable bonds is 10. The van der Waals surface area contributed by atoms with E-state index in [4.69, 9.17) is 5.26 Å².